The van der Waals surface area contributed by atoms with Crippen molar-refractivity contribution in [1.82, 2.24) is 15.2 Å². The third kappa shape index (κ3) is 4.26. The molecule has 2 N–H and O–H groups in total. The molecule has 1 amide bonds. The van der Waals surface area contributed by atoms with Gasteiger partial charge in [0, 0.05) is 56.3 Å². The molecule has 0 unspecified atom stereocenters. The number of benzene rings is 1. The molecule has 2 atom stereocenters. The summed E-state index contributed by atoms with van der Waals surface area (Å²) in [7, 11) is 1.49. The number of nitrogens with zero attached hydrogens (tertiary/aromatic N) is 4. The van der Waals surface area contributed by atoms with E-state index in [4.69, 9.17) is 16.9 Å². The first-order valence-electron chi connectivity index (χ1n) is 10.9. The van der Waals surface area contributed by atoms with E-state index >= 15 is 0 Å². The van der Waals surface area contributed by atoms with E-state index < -0.39 is 11.6 Å². The number of nitriles is 1. The highest BCUT2D eigenvalue weighted by Crippen LogP contribution is 2.41. The van der Waals surface area contributed by atoms with Crippen LogP contribution >= 0.6 is 11.6 Å². The average molecular weight is 468 g/mol. The zero-order valence-corrected chi connectivity index (χ0v) is 19.1. The Bertz CT molecular complexity index is 1060. The number of Topliss-reactive ketones (excluding diaryl/α,β-unsaturated/α-hetero) is 1. The molecule has 2 aromatic rings. The summed E-state index contributed by atoms with van der Waals surface area (Å²) in [4.78, 5) is 33.7. The van der Waals surface area contributed by atoms with Crippen LogP contribution in [0, 0.1) is 17.2 Å². The largest absolute Gasteiger partial charge is 0.465 e. The molecule has 3 heterocycles. The van der Waals surface area contributed by atoms with Gasteiger partial charge in [-0.15, -0.1) is 0 Å². The minimum absolute atomic E-state index is 0.0372. The van der Waals surface area contributed by atoms with Crippen molar-refractivity contribution < 1.29 is 14.7 Å². The van der Waals surface area contributed by atoms with Crippen LogP contribution in [0.2, 0.25) is 5.02 Å². The predicted molar refractivity (Wildman–Crippen MR) is 124 cm³/mol. The van der Waals surface area contributed by atoms with Gasteiger partial charge in [-0.05, 0) is 42.7 Å². The summed E-state index contributed by atoms with van der Waals surface area (Å²) in [6, 6.07) is 12.9. The molecule has 0 saturated carbocycles. The normalized spacial score (nSPS) is 23.2. The number of piperidine rings is 1. The maximum absolute atomic E-state index is 14.0. The second kappa shape index (κ2) is 9.38. The van der Waals surface area contributed by atoms with Gasteiger partial charge in [-0.3, -0.25) is 9.69 Å². The fourth-order valence-corrected chi connectivity index (χ4v) is 5.22. The van der Waals surface area contributed by atoms with Gasteiger partial charge in [-0.1, -0.05) is 23.7 Å². The van der Waals surface area contributed by atoms with E-state index in [2.05, 4.69) is 21.3 Å². The molecule has 172 valence electrons. The number of carboxylic acid groups (broad SMARTS) is 1. The molecule has 0 spiro atoms. The molecule has 4 rings (SSSR count). The SMILES string of the molecule is CN(C(=O)O)[C@]1(C(=O)C2CCN(c3ccc(C#N)cn3)CC2)CNC[C@H]1c1ccc(Cl)cc1. The van der Waals surface area contributed by atoms with Gasteiger partial charge in [0.15, 0.2) is 5.78 Å². The van der Waals surface area contributed by atoms with Crippen molar-refractivity contribution in [2.24, 2.45) is 5.92 Å². The number of ketones is 1. The molecule has 1 aromatic heterocycles. The minimum atomic E-state index is -1.18. The monoisotopic (exact) mass is 467 g/mol. The Morgan fingerprint density at radius 1 is 1.24 bits per heavy atom. The topological polar surface area (TPSA) is 110 Å². The molecule has 0 radical (unpaired) electrons. The molecular formula is C24H26ClN5O3. The molecule has 0 bridgehead atoms. The Morgan fingerprint density at radius 2 is 1.94 bits per heavy atom. The maximum atomic E-state index is 14.0. The molecule has 2 aliphatic rings. The smallest absolute Gasteiger partial charge is 0.407 e. The van der Waals surface area contributed by atoms with Crippen LogP contribution in [0.4, 0.5) is 10.6 Å². The van der Waals surface area contributed by atoms with Crippen LogP contribution in [0.5, 0.6) is 0 Å². The van der Waals surface area contributed by atoms with E-state index in [-0.39, 0.29) is 24.2 Å². The molecule has 8 nitrogen and oxygen atoms in total. The number of aromatic nitrogens is 1. The summed E-state index contributed by atoms with van der Waals surface area (Å²) in [5.74, 6) is 0.182. The molecule has 33 heavy (non-hydrogen) atoms. The van der Waals surface area contributed by atoms with Crippen LogP contribution in [0.1, 0.15) is 29.9 Å². The quantitative estimate of drug-likeness (QED) is 0.695. The van der Waals surface area contributed by atoms with Crippen LogP contribution < -0.4 is 10.2 Å². The van der Waals surface area contributed by atoms with Crippen molar-refractivity contribution in [3.05, 3.63) is 58.7 Å². The van der Waals surface area contributed by atoms with Crippen molar-refractivity contribution in [1.29, 1.82) is 5.26 Å². The Balaban J connectivity index is 1.57. The first-order valence-corrected chi connectivity index (χ1v) is 11.3. The van der Waals surface area contributed by atoms with E-state index in [1.165, 1.54) is 11.9 Å². The maximum Gasteiger partial charge on any atom is 0.407 e. The number of rotatable bonds is 5. The Labute approximate surface area is 197 Å². The standard InChI is InChI=1S/C24H26ClN5O3/c1-29(23(32)33)24(15-27-14-20(24)17-3-5-19(25)6-4-17)22(31)18-8-10-30(11-9-18)21-7-2-16(12-26)13-28-21/h2-7,13,18,20,27H,8-11,14-15H2,1H3,(H,32,33)/t20-,24+/m0/s1. The van der Waals surface area contributed by atoms with Crippen LogP contribution in [-0.4, -0.2) is 65.6 Å². The molecular weight excluding hydrogens is 442 g/mol. The molecule has 1 aromatic carbocycles. The summed E-state index contributed by atoms with van der Waals surface area (Å²) in [5, 5.41) is 22.7. The number of amides is 1. The lowest BCUT2D eigenvalue weighted by Gasteiger charge is -2.43. The third-order valence-corrected chi connectivity index (χ3v) is 7.22. The van der Waals surface area contributed by atoms with Gasteiger partial charge in [0.25, 0.3) is 0 Å². The summed E-state index contributed by atoms with van der Waals surface area (Å²) in [5.41, 5.74) is 0.216. The third-order valence-electron chi connectivity index (χ3n) is 6.97. The van der Waals surface area contributed by atoms with E-state index in [0.717, 1.165) is 11.4 Å². The summed E-state index contributed by atoms with van der Waals surface area (Å²) in [6.07, 6.45) is 1.65. The number of hydrogen-bond donors (Lipinski definition) is 2. The lowest BCUT2D eigenvalue weighted by molar-refractivity contribution is -0.134. The van der Waals surface area contributed by atoms with Crippen molar-refractivity contribution in [2.75, 3.05) is 38.1 Å². The number of nitrogens with one attached hydrogen (secondary N) is 1. The molecule has 2 fully saturated rings. The number of pyridine rings is 1. The van der Waals surface area contributed by atoms with Gasteiger partial charge in [-0.2, -0.15) is 5.26 Å². The molecule has 2 aliphatic heterocycles. The van der Waals surface area contributed by atoms with Gasteiger partial charge in [0.05, 0.1) is 5.56 Å². The first-order chi connectivity index (χ1) is 15.9. The van der Waals surface area contributed by atoms with Crippen LogP contribution in [0.25, 0.3) is 0 Å². The first kappa shape index (κ1) is 23.0. The summed E-state index contributed by atoms with van der Waals surface area (Å²) in [6.45, 7) is 2.07. The Hall–Kier alpha value is -3.15. The number of carbonyl (C=O) groups is 2. The minimum Gasteiger partial charge on any atom is -0.465 e. The zero-order chi connectivity index (χ0) is 23.6. The number of likely N-dealkylation sites (N-methyl/N-ethyl adjacent to an activating group) is 1. The number of carbonyl (C=O) groups excluding carboxylic acids is 1. The van der Waals surface area contributed by atoms with Crippen LogP contribution in [0.3, 0.4) is 0 Å². The second-order valence-corrected chi connectivity index (χ2v) is 9.08. The summed E-state index contributed by atoms with van der Waals surface area (Å²) < 4.78 is 0. The van der Waals surface area contributed by atoms with Crippen LogP contribution in [0.15, 0.2) is 42.6 Å². The van der Waals surface area contributed by atoms with E-state index in [9.17, 15) is 14.7 Å². The second-order valence-electron chi connectivity index (χ2n) is 8.64. The molecule has 2 saturated heterocycles. The fourth-order valence-electron chi connectivity index (χ4n) is 5.10. The Morgan fingerprint density at radius 3 is 2.52 bits per heavy atom. The van der Waals surface area contributed by atoms with E-state index in [0.29, 0.717) is 43.1 Å². The van der Waals surface area contributed by atoms with Gasteiger partial charge in [0.2, 0.25) is 0 Å². The van der Waals surface area contributed by atoms with E-state index in [1.807, 2.05) is 18.2 Å². The van der Waals surface area contributed by atoms with Gasteiger partial charge in [-0.25, -0.2) is 9.78 Å². The highest BCUT2D eigenvalue weighted by atomic mass is 35.5. The number of hydrogen-bond acceptors (Lipinski definition) is 6. The van der Waals surface area contributed by atoms with Gasteiger partial charge in [0.1, 0.15) is 17.4 Å². The fraction of sp³-hybridized carbons (Fsp3) is 0.417. The zero-order valence-electron chi connectivity index (χ0n) is 18.4. The number of halogens is 1. The van der Waals surface area contributed by atoms with Crippen molar-refractivity contribution in [2.45, 2.75) is 24.3 Å². The van der Waals surface area contributed by atoms with Gasteiger partial charge >= 0.3 is 6.09 Å². The number of anilines is 1. The average Bonchev–Trinajstić information content (AvgIpc) is 3.29. The Kier molecular flexibility index (Phi) is 6.54. The van der Waals surface area contributed by atoms with Gasteiger partial charge < -0.3 is 15.3 Å². The van der Waals surface area contributed by atoms with Crippen molar-refractivity contribution in [3.8, 4) is 6.07 Å². The predicted octanol–water partition coefficient (Wildman–Crippen LogP) is 3.13. The molecule has 9 heteroatoms. The highest BCUT2D eigenvalue weighted by molar-refractivity contribution is 6.30. The van der Waals surface area contributed by atoms with Crippen molar-refractivity contribution >= 4 is 29.3 Å². The van der Waals surface area contributed by atoms with E-state index in [1.54, 1.807) is 24.4 Å². The lowest BCUT2D eigenvalue weighted by Crippen LogP contribution is -2.61. The highest BCUT2D eigenvalue weighted by Gasteiger charge is 2.56. The van der Waals surface area contributed by atoms with Crippen molar-refractivity contribution in [3.63, 3.8) is 0 Å². The lowest BCUT2D eigenvalue weighted by atomic mass is 9.72. The summed E-state index contributed by atoms with van der Waals surface area (Å²) >= 11 is 6.06. The molecule has 0 aliphatic carbocycles. The van der Waals surface area contributed by atoms with Crippen LogP contribution in [-0.2, 0) is 4.79 Å².